The first kappa shape index (κ1) is 20.1. The minimum absolute atomic E-state index is 0.151. The number of benzene rings is 2. The molecule has 2 aromatic carbocycles. The molecule has 0 spiro atoms. The predicted octanol–water partition coefficient (Wildman–Crippen LogP) is 3.56. The zero-order valence-electron chi connectivity index (χ0n) is 17.0. The summed E-state index contributed by atoms with van der Waals surface area (Å²) in [4.78, 5) is 20.1. The molecule has 0 atom stereocenters. The fourth-order valence-corrected chi connectivity index (χ4v) is 3.19. The molecule has 0 aliphatic heterocycles. The Labute approximate surface area is 179 Å². The molecule has 156 valence electrons. The van der Waals surface area contributed by atoms with E-state index in [0.717, 1.165) is 17.1 Å². The zero-order chi connectivity index (χ0) is 21.6. The van der Waals surface area contributed by atoms with E-state index in [1.54, 1.807) is 17.7 Å². The van der Waals surface area contributed by atoms with E-state index in [1.165, 1.54) is 12.4 Å². The number of hydrogen-bond acceptors (Lipinski definition) is 6. The number of carbonyl (C=O) groups is 1. The molecule has 31 heavy (non-hydrogen) atoms. The molecule has 2 heterocycles. The molecule has 8 heteroatoms. The third-order valence-corrected chi connectivity index (χ3v) is 4.61. The highest BCUT2D eigenvalue weighted by Gasteiger charge is 2.17. The lowest BCUT2D eigenvalue weighted by atomic mass is 10.1. The van der Waals surface area contributed by atoms with Crippen LogP contribution in [0.2, 0.25) is 0 Å². The van der Waals surface area contributed by atoms with E-state index in [2.05, 4.69) is 15.3 Å². The number of anilines is 1. The number of para-hydroxylation sites is 1. The lowest BCUT2D eigenvalue weighted by Gasteiger charge is -2.06. The third-order valence-electron chi connectivity index (χ3n) is 4.61. The predicted molar refractivity (Wildman–Crippen MR) is 120 cm³/mol. The van der Waals surface area contributed by atoms with Crippen molar-refractivity contribution in [2.75, 3.05) is 12.3 Å². The Morgan fingerprint density at radius 2 is 1.84 bits per heavy atom. The monoisotopic (exact) mass is 414 g/mol. The van der Waals surface area contributed by atoms with Crippen molar-refractivity contribution >= 4 is 22.8 Å². The van der Waals surface area contributed by atoms with Gasteiger partial charge in [0, 0.05) is 12.1 Å². The van der Waals surface area contributed by atoms with Crippen LogP contribution in [-0.4, -0.2) is 32.2 Å². The Morgan fingerprint density at radius 1 is 1.10 bits per heavy atom. The molecule has 8 nitrogen and oxygen atoms in total. The van der Waals surface area contributed by atoms with Crippen LogP contribution in [0.1, 0.15) is 6.92 Å². The summed E-state index contributed by atoms with van der Waals surface area (Å²) in [5.74, 6) is 1.69. The normalized spacial score (nSPS) is 11.1. The third kappa shape index (κ3) is 4.53. The number of nitrogens with one attached hydrogen (secondary N) is 1. The molecule has 0 saturated carbocycles. The average Bonchev–Trinajstić information content (AvgIpc) is 3.15. The number of nitrogens with two attached hydrogens (primary N) is 1. The molecule has 0 unspecified atom stereocenters. The minimum Gasteiger partial charge on any atom is -0.457 e. The molecule has 0 saturated heterocycles. The van der Waals surface area contributed by atoms with Gasteiger partial charge in [0.15, 0.2) is 5.65 Å². The highest BCUT2D eigenvalue weighted by Crippen LogP contribution is 2.31. The SMILES string of the molecule is C/C=C/C(=O)NCCn1nc(-c2ccc(Oc3ccccc3)cc2)c2c(N)ncnc21. The van der Waals surface area contributed by atoms with Crippen molar-refractivity contribution in [1.82, 2.24) is 25.1 Å². The van der Waals surface area contributed by atoms with E-state index in [9.17, 15) is 4.79 Å². The number of carbonyl (C=O) groups excluding carboxylic acids is 1. The van der Waals surface area contributed by atoms with Gasteiger partial charge < -0.3 is 15.8 Å². The summed E-state index contributed by atoms with van der Waals surface area (Å²) in [7, 11) is 0. The van der Waals surface area contributed by atoms with E-state index in [4.69, 9.17) is 15.6 Å². The maximum Gasteiger partial charge on any atom is 0.243 e. The number of nitrogen functional groups attached to an aromatic ring is 1. The van der Waals surface area contributed by atoms with Gasteiger partial charge in [-0.2, -0.15) is 5.10 Å². The molecule has 0 fully saturated rings. The van der Waals surface area contributed by atoms with Crippen molar-refractivity contribution in [3.63, 3.8) is 0 Å². The molecule has 0 aliphatic rings. The van der Waals surface area contributed by atoms with Crippen LogP contribution in [0.5, 0.6) is 11.5 Å². The smallest absolute Gasteiger partial charge is 0.243 e. The summed E-state index contributed by atoms with van der Waals surface area (Å²) in [5.41, 5.74) is 8.31. The second kappa shape index (κ2) is 9.08. The Balaban J connectivity index is 1.60. The van der Waals surface area contributed by atoms with Crippen LogP contribution >= 0.6 is 0 Å². The van der Waals surface area contributed by atoms with Crippen LogP contribution in [0.4, 0.5) is 5.82 Å². The number of allylic oxidation sites excluding steroid dienone is 1. The number of hydrogen-bond donors (Lipinski definition) is 2. The summed E-state index contributed by atoms with van der Waals surface area (Å²) in [6.45, 7) is 2.65. The topological polar surface area (TPSA) is 108 Å². The Bertz CT molecular complexity index is 1220. The van der Waals surface area contributed by atoms with E-state index in [0.29, 0.717) is 35.6 Å². The summed E-state index contributed by atoms with van der Waals surface area (Å²) in [6, 6.07) is 17.2. The van der Waals surface area contributed by atoms with Crippen LogP contribution in [0.3, 0.4) is 0 Å². The maximum absolute atomic E-state index is 11.7. The van der Waals surface area contributed by atoms with Crippen LogP contribution in [-0.2, 0) is 11.3 Å². The maximum atomic E-state index is 11.7. The van der Waals surface area contributed by atoms with E-state index >= 15 is 0 Å². The first-order valence-electron chi connectivity index (χ1n) is 9.86. The highest BCUT2D eigenvalue weighted by atomic mass is 16.5. The standard InChI is InChI=1S/C23H22N6O2/c1-2-6-19(30)25-13-14-29-23-20(22(24)26-15-27-23)21(28-29)16-9-11-18(12-10-16)31-17-7-4-3-5-8-17/h2-12,15H,13-14H2,1H3,(H,25,30)(H2,24,26,27)/b6-2+. The Morgan fingerprint density at radius 3 is 2.58 bits per heavy atom. The van der Waals surface area contributed by atoms with Crippen molar-refractivity contribution in [3.8, 4) is 22.8 Å². The number of amides is 1. The molecule has 1 amide bonds. The Hall–Kier alpha value is -4.20. The van der Waals surface area contributed by atoms with Crippen LogP contribution in [0, 0.1) is 0 Å². The van der Waals surface area contributed by atoms with Gasteiger partial charge in [-0.05, 0) is 49.4 Å². The largest absolute Gasteiger partial charge is 0.457 e. The van der Waals surface area contributed by atoms with Gasteiger partial charge >= 0.3 is 0 Å². The van der Waals surface area contributed by atoms with Gasteiger partial charge in [-0.25, -0.2) is 14.6 Å². The fraction of sp³-hybridized carbons (Fsp3) is 0.130. The minimum atomic E-state index is -0.151. The van der Waals surface area contributed by atoms with Crippen LogP contribution in [0.15, 0.2) is 73.1 Å². The van der Waals surface area contributed by atoms with Gasteiger partial charge in [-0.1, -0.05) is 24.3 Å². The zero-order valence-corrected chi connectivity index (χ0v) is 17.0. The molecule has 3 N–H and O–H groups in total. The number of rotatable bonds is 7. The van der Waals surface area contributed by atoms with Gasteiger partial charge in [-0.15, -0.1) is 0 Å². The van der Waals surface area contributed by atoms with Crippen LogP contribution < -0.4 is 15.8 Å². The van der Waals surface area contributed by atoms with Gasteiger partial charge in [0.2, 0.25) is 5.91 Å². The van der Waals surface area contributed by atoms with Crippen molar-refractivity contribution in [2.24, 2.45) is 0 Å². The molecule has 2 aromatic heterocycles. The van der Waals surface area contributed by atoms with Gasteiger partial charge in [0.25, 0.3) is 0 Å². The summed E-state index contributed by atoms with van der Waals surface area (Å²) in [5, 5.41) is 8.19. The number of fused-ring (bicyclic) bond motifs is 1. The van der Waals surface area contributed by atoms with Gasteiger partial charge in [0.1, 0.15) is 29.3 Å². The van der Waals surface area contributed by atoms with E-state index in [-0.39, 0.29) is 5.91 Å². The molecule has 4 aromatic rings. The number of nitrogens with zero attached hydrogens (tertiary/aromatic N) is 4. The van der Waals surface area contributed by atoms with Crippen molar-refractivity contribution < 1.29 is 9.53 Å². The molecule has 0 radical (unpaired) electrons. The number of ether oxygens (including phenoxy) is 1. The van der Waals surface area contributed by atoms with Gasteiger partial charge in [0.05, 0.1) is 11.9 Å². The summed E-state index contributed by atoms with van der Waals surface area (Å²) in [6.07, 6.45) is 4.58. The van der Waals surface area contributed by atoms with Crippen LogP contribution in [0.25, 0.3) is 22.3 Å². The van der Waals surface area contributed by atoms with Crippen molar-refractivity contribution in [3.05, 3.63) is 73.1 Å². The summed E-state index contributed by atoms with van der Waals surface area (Å²) >= 11 is 0. The molecular formula is C23H22N6O2. The second-order valence-corrected chi connectivity index (χ2v) is 6.76. The first-order valence-corrected chi connectivity index (χ1v) is 9.86. The lowest BCUT2D eigenvalue weighted by Crippen LogP contribution is -2.25. The highest BCUT2D eigenvalue weighted by molar-refractivity contribution is 5.98. The molecular weight excluding hydrogens is 392 g/mol. The molecule has 0 bridgehead atoms. The fourth-order valence-electron chi connectivity index (χ4n) is 3.19. The number of aromatic nitrogens is 4. The van der Waals surface area contributed by atoms with Crippen molar-refractivity contribution in [1.29, 1.82) is 0 Å². The first-order chi connectivity index (χ1) is 15.2. The lowest BCUT2D eigenvalue weighted by molar-refractivity contribution is -0.116. The van der Waals surface area contributed by atoms with Crippen molar-refractivity contribution in [2.45, 2.75) is 13.5 Å². The molecule has 4 rings (SSSR count). The quantitative estimate of drug-likeness (QED) is 0.448. The second-order valence-electron chi connectivity index (χ2n) is 6.76. The molecule has 0 aliphatic carbocycles. The Kier molecular flexibility index (Phi) is 5.89. The summed E-state index contributed by atoms with van der Waals surface area (Å²) < 4.78 is 7.59. The van der Waals surface area contributed by atoms with E-state index in [1.807, 2.05) is 54.6 Å². The van der Waals surface area contributed by atoms with E-state index < -0.39 is 0 Å². The average molecular weight is 414 g/mol. The van der Waals surface area contributed by atoms with Gasteiger partial charge in [-0.3, -0.25) is 4.79 Å².